The van der Waals surface area contributed by atoms with Gasteiger partial charge in [-0.1, -0.05) is 24.3 Å². The second-order valence-corrected chi connectivity index (χ2v) is 8.04. The number of halogens is 3. The number of hydrogen-bond acceptors (Lipinski definition) is 4. The Balaban J connectivity index is 1.41. The molecule has 1 saturated heterocycles. The molecular formula is C22H21F3N4O. The lowest BCUT2D eigenvalue weighted by Gasteiger charge is -2.24. The fourth-order valence-electron chi connectivity index (χ4n) is 3.83. The van der Waals surface area contributed by atoms with Crippen LogP contribution in [-0.2, 0) is 17.4 Å². The molecule has 1 aliphatic carbocycles. The lowest BCUT2D eigenvalue weighted by Crippen LogP contribution is -2.50. The zero-order valence-electron chi connectivity index (χ0n) is 16.2. The molecular weight excluding hydrogens is 393 g/mol. The Hall–Kier alpha value is -3.08. The van der Waals surface area contributed by atoms with Gasteiger partial charge in [0.05, 0.1) is 36.5 Å². The summed E-state index contributed by atoms with van der Waals surface area (Å²) in [6, 6.07) is 11.1. The van der Waals surface area contributed by atoms with Crippen molar-refractivity contribution in [3.05, 3.63) is 59.4 Å². The maximum Gasteiger partial charge on any atom is 0.417 e. The van der Waals surface area contributed by atoms with Crippen LogP contribution in [0.3, 0.4) is 0 Å². The SMILES string of the molecule is N#CC1(NC(=O)Cc2ccc(C3CC3)cc2)CCN(c2cncc(C(F)(F)F)c2)C1. The van der Waals surface area contributed by atoms with Gasteiger partial charge in [0.1, 0.15) is 5.54 Å². The smallest absolute Gasteiger partial charge is 0.367 e. The number of alkyl halides is 3. The normalized spacial score (nSPS) is 21.3. The van der Waals surface area contributed by atoms with Gasteiger partial charge in [0.25, 0.3) is 0 Å². The number of benzene rings is 1. The second-order valence-electron chi connectivity index (χ2n) is 8.04. The maximum absolute atomic E-state index is 13.0. The highest BCUT2D eigenvalue weighted by Gasteiger charge is 2.40. The number of nitriles is 1. The van der Waals surface area contributed by atoms with E-state index in [0.717, 1.165) is 17.8 Å². The molecule has 5 nitrogen and oxygen atoms in total. The summed E-state index contributed by atoms with van der Waals surface area (Å²) >= 11 is 0. The van der Waals surface area contributed by atoms with E-state index in [0.29, 0.717) is 18.9 Å². The number of hydrogen-bond donors (Lipinski definition) is 1. The van der Waals surface area contributed by atoms with Gasteiger partial charge in [-0.25, -0.2) is 0 Å². The van der Waals surface area contributed by atoms with Crippen molar-refractivity contribution < 1.29 is 18.0 Å². The van der Waals surface area contributed by atoms with E-state index in [-0.39, 0.29) is 24.6 Å². The molecule has 8 heteroatoms. The fourth-order valence-corrected chi connectivity index (χ4v) is 3.83. The largest absolute Gasteiger partial charge is 0.417 e. The quantitative estimate of drug-likeness (QED) is 0.808. The number of carbonyl (C=O) groups excluding carboxylic acids is 1. The lowest BCUT2D eigenvalue weighted by molar-refractivity contribution is -0.137. The predicted octanol–water partition coefficient (Wildman–Crippen LogP) is 3.81. The zero-order chi connectivity index (χ0) is 21.4. The molecule has 1 aliphatic heterocycles. The molecule has 1 N–H and O–H groups in total. The van der Waals surface area contributed by atoms with Gasteiger partial charge in [-0.15, -0.1) is 0 Å². The van der Waals surface area contributed by atoms with E-state index in [2.05, 4.69) is 16.4 Å². The maximum atomic E-state index is 13.0. The van der Waals surface area contributed by atoms with Gasteiger partial charge in [0, 0.05) is 19.2 Å². The molecule has 2 heterocycles. The molecule has 30 heavy (non-hydrogen) atoms. The Labute approximate surface area is 172 Å². The van der Waals surface area contributed by atoms with Crippen LogP contribution in [0.2, 0.25) is 0 Å². The van der Waals surface area contributed by atoms with E-state index in [4.69, 9.17) is 0 Å². The summed E-state index contributed by atoms with van der Waals surface area (Å²) in [7, 11) is 0. The number of pyridine rings is 1. The number of carbonyl (C=O) groups is 1. The minimum absolute atomic E-state index is 0.110. The third kappa shape index (κ3) is 4.40. The van der Waals surface area contributed by atoms with Gasteiger partial charge in [0.2, 0.25) is 5.91 Å². The molecule has 1 atom stereocenters. The molecule has 2 aromatic rings. The summed E-state index contributed by atoms with van der Waals surface area (Å²) in [6.45, 7) is 0.464. The number of nitrogens with one attached hydrogen (secondary N) is 1. The highest BCUT2D eigenvalue weighted by Crippen LogP contribution is 2.40. The monoisotopic (exact) mass is 414 g/mol. The van der Waals surface area contributed by atoms with Crippen molar-refractivity contribution in [2.45, 2.75) is 43.3 Å². The summed E-state index contributed by atoms with van der Waals surface area (Å²) in [4.78, 5) is 17.9. The van der Waals surface area contributed by atoms with E-state index in [1.54, 1.807) is 4.90 Å². The van der Waals surface area contributed by atoms with Gasteiger partial charge in [-0.05, 0) is 36.0 Å². The minimum atomic E-state index is -4.49. The van der Waals surface area contributed by atoms with Crippen LogP contribution in [0.4, 0.5) is 18.9 Å². The Morgan fingerprint density at radius 2 is 2.00 bits per heavy atom. The molecule has 1 saturated carbocycles. The van der Waals surface area contributed by atoms with Gasteiger partial charge in [-0.2, -0.15) is 18.4 Å². The van der Waals surface area contributed by atoms with Crippen LogP contribution in [0.15, 0.2) is 42.7 Å². The average Bonchev–Trinajstić information content (AvgIpc) is 3.48. The van der Waals surface area contributed by atoms with Crippen LogP contribution in [0.5, 0.6) is 0 Å². The second kappa shape index (κ2) is 7.63. The summed E-state index contributed by atoms with van der Waals surface area (Å²) < 4.78 is 38.9. The fraction of sp³-hybridized carbons (Fsp3) is 0.409. The Morgan fingerprint density at radius 1 is 1.27 bits per heavy atom. The summed E-state index contributed by atoms with van der Waals surface area (Å²) in [6.07, 6.45) is 0.522. The van der Waals surface area contributed by atoms with E-state index in [1.165, 1.54) is 24.6 Å². The Bertz CT molecular complexity index is 979. The molecule has 2 fully saturated rings. The first-order chi connectivity index (χ1) is 14.3. The molecule has 1 unspecified atom stereocenters. The standard InChI is InChI=1S/C22H21F3N4O/c23-22(24,25)18-10-19(12-27-11-18)29-8-7-21(13-26,14-29)28-20(30)9-15-1-3-16(4-2-15)17-5-6-17/h1-4,10-12,17H,5-9,14H2,(H,28,30). The molecule has 156 valence electrons. The van der Waals surface area contributed by atoms with Crippen molar-refractivity contribution in [3.8, 4) is 6.07 Å². The lowest BCUT2D eigenvalue weighted by atomic mass is 9.99. The van der Waals surface area contributed by atoms with Crippen LogP contribution in [0.25, 0.3) is 0 Å². The average molecular weight is 414 g/mol. The Morgan fingerprint density at radius 3 is 2.63 bits per heavy atom. The van der Waals surface area contributed by atoms with Gasteiger partial charge < -0.3 is 10.2 Å². The number of amides is 1. The van der Waals surface area contributed by atoms with E-state index >= 15 is 0 Å². The van der Waals surface area contributed by atoms with Crippen molar-refractivity contribution in [2.24, 2.45) is 0 Å². The highest BCUT2D eigenvalue weighted by molar-refractivity contribution is 5.80. The molecule has 0 radical (unpaired) electrons. The van der Waals surface area contributed by atoms with Crippen LogP contribution in [-0.4, -0.2) is 29.5 Å². The summed E-state index contributed by atoms with van der Waals surface area (Å²) in [5.41, 5.74) is 0.454. The first kappa shape index (κ1) is 20.2. The van der Waals surface area contributed by atoms with E-state index in [9.17, 15) is 23.2 Å². The third-order valence-corrected chi connectivity index (χ3v) is 5.67. The number of rotatable bonds is 5. The zero-order valence-corrected chi connectivity index (χ0v) is 16.2. The number of aromatic nitrogens is 1. The predicted molar refractivity (Wildman–Crippen MR) is 105 cm³/mol. The topological polar surface area (TPSA) is 69.0 Å². The Kier molecular flexibility index (Phi) is 5.14. The molecule has 1 aromatic carbocycles. The van der Waals surface area contributed by atoms with Crippen LogP contribution in [0, 0.1) is 11.3 Å². The van der Waals surface area contributed by atoms with Gasteiger partial charge in [0.15, 0.2) is 0 Å². The van der Waals surface area contributed by atoms with E-state index in [1.807, 2.05) is 24.3 Å². The van der Waals surface area contributed by atoms with Crippen molar-refractivity contribution in [3.63, 3.8) is 0 Å². The highest BCUT2D eigenvalue weighted by atomic mass is 19.4. The van der Waals surface area contributed by atoms with Crippen molar-refractivity contribution in [2.75, 3.05) is 18.0 Å². The van der Waals surface area contributed by atoms with Gasteiger partial charge in [-0.3, -0.25) is 9.78 Å². The molecule has 2 aliphatic rings. The third-order valence-electron chi connectivity index (χ3n) is 5.67. The van der Waals surface area contributed by atoms with Gasteiger partial charge >= 0.3 is 6.18 Å². The van der Waals surface area contributed by atoms with Crippen LogP contribution < -0.4 is 10.2 Å². The molecule has 1 amide bonds. The molecule has 0 spiro atoms. The number of anilines is 1. The molecule has 4 rings (SSSR count). The molecule has 0 bridgehead atoms. The first-order valence-electron chi connectivity index (χ1n) is 9.86. The summed E-state index contributed by atoms with van der Waals surface area (Å²) in [5, 5.41) is 12.5. The van der Waals surface area contributed by atoms with Crippen LogP contribution >= 0.6 is 0 Å². The summed E-state index contributed by atoms with van der Waals surface area (Å²) in [5.74, 6) is 0.365. The van der Waals surface area contributed by atoms with Crippen LogP contribution in [0.1, 0.15) is 41.9 Å². The van der Waals surface area contributed by atoms with Crippen molar-refractivity contribution in [1.82, 2.24) is 10.3 Å². The minimum Gasteiger partial charge on any atom is -0.367 e. The molecule has 1 aromatic heterocycles. The first-order valence-corrected chi connectivity index (χ1v) is 9.86. The van der Waals surface area contributed by atoms with E-state index < -0.39 is 17.3 Å². The number of nitrogens with zero attached hydrogens (tertiary/aromatic N) is 3. The van der Waals surface area contributed by atoms with Crippen molar-refractivity contribution >= 4 is 11.6 Å². The van der Waals surface area contributed by atoms with Crippen molar-refractivity contribution in [1.29, 1.82) is 5.26 Å².